The van der Waals surface area contributed by atoms with Gasteiger partial charge in [0.1, 0.15) is 18.6 Å². The molecule has 35 heavy (non-hydrogen) atoms. The lowest BCUT2D eigenvalue weighted by atomic mass is 9.74. The van der Waals surface area contributed by atoms with Crippen molar-refractivity contribution < 1.29 is 43.7 Å². The van der Waals surface area contributed by atoms with E-state index in [0.29, 0.717) is 13.0 Å². The number of hydrogen-bond donors (Lipinski definition) is 4. The van der Waals surface area contributed by atoms with Crippen molar-refractivity contribution in [2.24, 2.45) is 11.3 Å². The normalized spacial score (nSPS) is 37.0. The zero-order valence-electron chi connectivity index (χ0n) is 22.5. The first kappa shape index (κ1) is 30.6. The molecule has 2 aliphatic rings. The molecule has 10 nitrogen and oxygen atoms in total. The maximum atomic E-state index is 11.1. The van der Waals surface area contributed by atoms with Crippen LogP contribution in [0, 0.1) is 11.3 Å². The molecule has 10 heteroatoms. The monoisotopic (exact) mass is 505 g/mol. The summed E-state index contributed by atoms with van der Waals surface area (Å²) in [5.41, 5.74) is 0.327. The number of rotatable bonds is 12. The van der Waals surface area contributed by atoms with E-state index in [2.05, 4.69) is 11.9 Å². The van der Waals surface area contributed by atoms with E-state index in [1.54, 1.807) is 14.2 Å². The third-order valence-corrected chi connectivity index (χ3v) is 7.87. The van der Waals surface area contributed by atoms with Gasteiger partial charge < -0.3 is 43.7 Å². The third-order valence-electron chi connectivity index (χ3n) is 7.87. The summed E-state index contributed by atoms with van der Waals surface area (Å²) in [5.74, 6) is -1.37. The van der Waals surface area contributed by atoms with Crippen LogP contribution in [0.4, 0.5) is 0 Å². The Labute approximate surface area is 209 Å². The van der Waals surface area contributed by atoms with Gasteiger partial charge in [-0.15, -0.1) is 0 Å². The van der Waals surface area contributed by atoms with E-state index in [0.717, 1.165) is 5.57 Å². The number of ether oxygens (including phenoxy) is 6. The van der Waals surface area contributed by atoms with Crippen molar-refractivity contribution in [3.63, 3.8) is 0 Å². The zero-order chi connectivity index (χ0) is 26.6. The largest absolute Gasteiger partial charge is 0.392 e. The molecule has 0 radical (unpaired) electrons. The minimum atomic E-state index is -1.47. The standard InChI is InChI=1S/C25H47NO9/c1-14-12-25(33-9,35-16(3)15(14)2)21(28)22(29)26-23(32-8)18-11-19(27)24(4,5)20(34-18)10-17(31-7)13-30-6/h15-23,26-29H,1,10-13H2,2-9H3/t15-,16-,17-,18-,19+,20+,21+,22?,23-,25-/m1/s1. The Hall–Kier alpha value is -0.660. The molecule has 1 unspecified atom stereocenters. The van der Waals surface area contributed by atoms with Crippen LogP contribution in [0.2, 0.25) is 0 Å². The van der Waals surface area contributed by atoms with Crippen molar-refractivity contribution >= 4 is 0 Å². The first-order valence-electron chi connectivity index (χ1n) is 12.3. The van der Waals surface area contributed by atoms with Gasteiger partial charge in [-0.25, -0.2) is 0 Å². The molecule has 2 fully saturated rings. The van der Waals surface area contributed by atoms with Crippen LogP contribution in [0.15, 0.2) is 12.2 Å². The molecular formula is C25H47NO9. The van der Waals surface area contributed by atoms with Crippen molar-refractivity contribution in [3.05, 3.63) is 12.2 Å². The highest BCUT2D eigenvalue weighted by Crippen LogP contribution is 2.41. The minimum absolute atomic E-state index is 0.0914. The fraction of sp³-hybridized carbons (Fsp3) is 0.920. The fourth-order valence-corrected chi connectivity index (χ4v) is 4.90. The number of hydrogen-bond acceptors (Lipinski definition) is 10. The predicted molar refractivity (Wildman–Crippen MR) is 130 cm³/mol. The molecule has 2 rings (SSSR count). The number of methoxy groups -OCH3 is 4. The van der Waals surface area contributed by atoms with Crippen LogP contribution in [0.3, 0.4) is 0 Å². The molecule has 0 saturated carbocycles. The summed E-state index contributed by atoms with van der Waals surface area (Å²) < 4.78 is 34.3. The zero-order valence-corrected chi connectivity index (χ0v) is 22.5. The van der Waals surface area contributed by atoms with E-state index in [1.165, 1.54) is 14.2 Å². The Morgan fingerprint density at radius 2 is 1.80 bits per heavy atom. The van der Waals surface area contributed by atoms with Crippen molar-refractivity contribution in [3.8, 4) is 0 Å². The molecule has 10 atom stereocenters. The van der Waals surface area contributed by atoms with Crippen LogP contribution < -0.4 is 5.32 Å². The Balaban J connectivity index is 2.15. The van der Waals surface area contributed by atoms with Crippen molar-refractivity contribution in [1.29, 1.82) is 0 Å². The van der Waals surface area contributed by atoms with Gasteiger partial charge in [-0.2, -0.15) is 0 Å². The van der Waals surface area contributed by atoms with Crippen LogP contribution >= 0.6 is 0 Å². The Morgan fingerprint density at radius 3 is 2.31 bits per heavy atom. The van der Waals surface area contributed by atoms with Crippen molar-refractivity contribution in [2.75, 3.05) is 35.0 Å². The number of nitrogens with one attached hydrogen (secondary N) is 1. The van der Waals surface area contributed by atoms with Gasteiger partial charge in [0, 0.05) is 59.0 Å². The first-order valence-corrected chi connectivity index (χ1v) is 12.3. The van der Waals surface area contributed by atoms with Crippen LogP contribution in [0.25, 0.3) is 0 Å². The molecule has 0 amide bonds. The van der Waals surface area contributed by atoms with Gasteiger partial charge in [-0.3, -0.25) is 5.32 Å². The Bertz CT molecular complexity index is 677. The molecule has 0 aliphatic carbocycles. The van der Waals surface area contributed by atoms with E-state index in [1.807, 2.05) is 27.7 Å². The summed E-state index contributed by atoms with van der Waals surface area (Å²) in [6.07, 6.45) is -4.85. The summed E-state index contributed by atoms with van der Waals surface area (Å²) in [6, 6.07) is 0. The van der Waals surface area contributed by atoms with Crippen LogP contribution in [-0.4, -0.2) is 105 Å². The number of aliphatic hydroxyl groups is 3. The van der Waals surface area contributed by atoms with Gasteiger partial charge in [0.05, 0.1) is 37.1 Å². The van der Waals surface area contributed by atoms with Gasteiger partial charge in [-0.05, 0) is 6.92 Å². The summed E-state index contributed by atoms with van der Waals surface area (Å²) in [4.78, 5) is 0. The highest BCUT2D eigenvalue weighted by molar-refractivity contribution is 5.11. The predicted octanol–water partition coefficient (Wildman–Crippen LogP) is 1.17. The second kappa shape index (κ2) is 12.7. The summed E-state index contributed by atoms with van der Waals surface area (Å²) >= 11 is 0. The van der Waals surface area contributed by atoms with Crippen LogP contribution in [0.5, 0.6) is 0 Å². The van der Waals surface area contributed by atoms with Crippen molar-refractivity contribution in [1.82, 2.24) is 5.32 Å². The smallest absolute Gasteiger partial charge is 0.202 e. The lowest BCUT2D eigenvalue weighted by molar-refractivity contribution is -0.321. The quantitative estimate of drug-likeness (QED) is 0.227. The third kappa shape index (κ3) is 6.81. The number of aliphatic hydroxyl groups excluding tert-OH is 3. The molecule has 0 bridgehead atoms. The van der Waals surface area contributed by atoms with E-state index < -0.39 is 42.0 Å². The van der Waals surface area contributed by atoms with Gasteiger partial charge in [-0.1, -0.05) is 32.9 Å². The van der Waals surface area contributed by atoms with Crippen LogP contribution in [-0.2, 0) is 28.4 Å². The van der Waals surface area contributed by atoms with Gasteiger partial charge >= 0.3 is 0 Å². The Morgan fingerprint density at radius 1 is 1.14 bits per heavy atom. The first-order chi connectivity index (χ1) is 16.4. The highest BCUT2D eigenvalue weighted by Gasteiger charge is 2.51. The second-order valence-electron chi connectivity index (χ2n) is 10.5. The lowest BCUT2D eigenvalue weighted by Crippen LogP contribution is -2.64. The molecule has 2 aliphatic heterocycles. The van der Waals surface area contributed by atoms with E-state index in [9.17, 15) is 15.3 Å². The average molecular weight is 506 g/mol. The second-order valence-corrected chi connectivity index (χ2v) is 10.5. The molecule has 2 saturated heterocycles. The van der Waals surface area contributed by atoms with Crippen molar-refractivity contribution in [2.45, 2.75) is 102 Å². The average Bonchev–Trinajstić information content (AvgIpc) is 2.82. The molecule has 206 valence electrons. The summed E-state index contributed by atoms with van der Waals surface area (Å²) in [5, 5.41) is 35.9. The van der Waals surface area contributed by atoms with Gasteiger partial charge in [0.2, 0.25) is 5.79 Å². The van der Waals surface area contributed by atoms with E-state index in [-0.39, 0.29) is 37.1 Å². The molecule has 0 aromatic heterocycles. The van der Waals surface area contributed by atoms with E-state index >= 15 is 0 Å². The van der Waals surface area contributed by atoms with Crippen LogP contribution in [0.1, 0.15) is 47.0 Å². The van der Waals surface area contributed by atoms with Gasteiger partial charge in [0.25, 0.3) is 0 Å². The molecular weight excluding hydrogens is 458 g/mol. The molecule has 0 aromatic carbocycles. The van der Waals surface area contributed by atoms with E-state index in [4.69, 9.17) is 28.4 Å². The molecule has 0 aromatic rings. The summed E-state index contributed by atoms with van der Waals surface area (Å²) in [6.45, 7) is 12.3. The minimum Gasteiger partial charge on any atom is -0.392 e. The summed E-state index contributed by atoms with van der Waals surface area (Å²) in [7, 11) is 6.12. The fourth-order valence-electron chi connectivity index (χ4n) is 4.90. The highest BCUT2D eigenvalue weighted by atomic mass is 16.7. The Kier molecular flexibility index (Phi) is 11.1. The molecule has 0 spiro atoms. The SMILES string of the molecule is C=C1C[C@](OC)([C@@H](O)C(O)N[C@H](OC)[C@H]2C[C@H](O)C(C)(C)[C@H](C[C@H](COC)OC)O2)O[C@H](C)[C@@H]1C. The lowest BCUT2D eigenvalue weighted by Gasteiger charge is -2.49. The topological polar surface area (TPSA) is 128 Å². The maximum absolute atomic E-state index is 11.1. The maximum Gasteiger partial charge on any atom is 0.202 e. The van der Waals surface area contributed by atoms with Gasteiger partial charge in [0.15, 0.2) is 0 Å². The molecule has 4 N–H and O–H groups in total. The molecule has 2 heterocycles.